The van der Waals surface area contributed by atoms with E-state index in [-0.39, 0.29) is 11.3 Å². The number of hydrogen-bond acceptors (Lipinski definition) is 5. The molecule has 0 fully saturated rings. The summed E-state index contributed by atoms with van der Waals surface area (Å²) in [5.74, 6) is -0.953. The fourth-order valence-corrected chi connectivity index (χ4v) is 3.15. The number of anilines is 1. The van der Waals surface area contributed by atoms with Crippen molar-refractivity contribution >= 4 is 28.1 Å². The first kappa shape index (κ1) is 17.7. The fourth-order valence-electron chi connectivity index (χ4n) is 2.43. The lowest BCUT2D eigenvalue weighted by Gasteiger charge is -2.05. The van der Waals surface area contributed by atoms with Gasteiger partial charge in [0.1, 0.15) is 5.82 Å². The van der Waals surface area contributed by atoms with Crippen LogP contribution in [-0.4, -0.2) is 15.8 Å². The van der Waals surface area contributed by atoms with Crippen LogP contribution in [0.1, 0.15) is 21.5 Å². The molecule has 3 aromatic rings. The molecule has 1 aromatic heterocycles. The van der Waals surface area contributed by atoms with Gasteiger partial charge in [0.15, 0.2) is 5.13 Å². The van der Waals surface area contributed by atoms with Crippen LogP contribution < -0.4 is 5.32 Å². The summed E-state index contributed by atoms with van der Waals surface area (Å²) in [4.78, 5) is 27.2. The van der Waals surface area contributed by atoms with Gasteiger partial charge in [-0.25, -0.2) is 9.37 Å². The van der Waals surface area contributed by atoms with E-state index in [4.69, 9.17) is 0 Å². The minimum Gasteiger partial charge on any atom is -0.298 e. The molecule has 0 unspecified atom stereocenters. The monoisotopic (exact) mass is 371 g/mol. The Morgan fingerprint density at radius 3 is 2.65 bits per heavy atom. The van der Waals surface area contributed by atoms with Crippen molar-refractivity contribution in [3.63, 3.8) is 0 Å². The molecule has 0 saturated heterocycles. The number of benzene rings is 2. The van der Waals surface area contributed by atoms with Crippen molar-refractivity contribution in [1.82, 2.24) is 4.98 Å². The molecule has 0 aliphatic heterocycles. The third-order valence-corrected chi connectivity index (χ3v) is 4.63. The number of aromatic nitrogens is 1. The Bertz CT molecular complexity index is 1020. The summed E-state index contributed by atoms with van der Waals surface area (Å²) in [5.41, 5.74) is 2.55. The maximum Gasteiger partial charge on any atom is 0.272 e. The summed E-state index contributed by atoms with van der Waals surface area (Å²) in [6.45, 7) is 3.38. The molecule has 6 nitrogen and oxygen atoms in total. The zero-order chi connectivity index (χ0) is 18.8. The molecule has 0 aliphatic carbocycles. The molecule has 26 heavy (non-hydrogen) atoms. The van der Waals surface area contributed by atoms with Gasteiger partial charge in [0, 0.05) is 28.1 Å². The smallest absolute Gasteiger partial charge is 0.272 e. The maximum absolute atomic E-state index is 13.4. The largest absolute Gasteiger partial charge is 0.298 e. The second-order valence-electron chi connectivity index (χ2n) is 5.71. The summed E-state index contributed by atoms with van der Waals surface area (Å²) in [6, 6.07) is 8.83. The predicted octanol–water partition coefficient (Wildman–Crippen LogP) is 4.73. The number of nitrogens with zero attached hydrogens (tertiary/aromatic N) is 2. The third-order valence-electron chi connectivity index (χ3n) is 3.87. The number of carbonyl (C=O) groups excluding carboxylic acids is 1. The number of nitro benzene ring substituents is 1. The molecular formula is C18H14FN3O3S. The summed E-state index contributed by atoms with van der Waals surface area (Å²) in [7, 11) is 0. The second kappa shape index (κ2) is 7.01. The summed E-state index contributed by atoms with van der Waals surface area (Å²) >= 11 is 1.19. The number of aryl methyl sites for hydroxylation is 2. The van der Waals surface area contributed by atoms with Crippen molar-refractivity contribution in [2.24, 2.45) is 0 Å². The first-order valence-corrected chi connectivity index (χ1v) is 8.51. The van der Waals surface area contributed by atoms with Gasteiger partial charge in [-0.05, 0) is 31.5 Å². The van der Waals surface area contributed by atoms with Gasteiger partial charge in [0.2, 0.25) is 0 Å². The zero-order valence-electron chi connectivity index (χ0n) is 13.9. The summed E-state index contributed by atoms with van der Waals surface area (Å²) in [5, 5.41) is 15.7. The number of rotatable bonds is 4. The number of carbonyl (C=O) groups is 1. The van der Waals surface area contributed by atoms with Crippen molar-refractivity contribution in [1.29, 1.82) is 0 Å². The van der Waals surface area contributed by atoms with Gasteiger partial charge in [-0.2, -0.15) is 0 Å². The van der Waals surface area contributed by atoms with E-state index in [1.165, 1.54) is 35.6 Å². The van der Waals surface area contributed by atoms with Gasteiger partial charge < -0.3 is 0 Å². The van der Waals surface area contributed by atoms with Crippen molar-refractivity contribution < 1.29 is 14.1 Å². The molecule has 0 bridgehead atoms. The van der Waals surface area contributed by atoms with Crippen LogP contribution in [0.4, 0.5) is 15.2 Å². The predicted molar refractivity (Wildman–Crippen MR) is 98.0 cm³/mol. The molecule has 1 amide bonds. The van der Waals surface area contributed by atoms with Crippen molar-refractivity contribution in [2.45, 2.75) is 13.8 Å². The number of amides is 1. The highest BCUT2D eigenvalue weighted by atomic mass is 32.1. The van der Waals surface area contributed by atoms with Crippen molar-refractivity contribution in [3.05, 3.63) is 74.4 Å². The van der Waals surface area contributed by atoms with Crippen LogP contribution in [0.25, 0.3) is 11.3 Å². The average Bonchev–Trinajstić information content (AvgIpc) is 3.05. The molecule has 0 spiro atoms. The van der Waals surface area contributed by atoms with Crippen molar-refractivity contribution in [3.8, 4) is 11.3 Å². The van der Waals surface area contributed by atoms with E-state index in [1.807, 2.05) is 0 Å². The number of hydrogen-bond donors (Lipinski definition) is 1. The molecule has 8 heteroatoms. The van der Waals surface area contributed by atoms with Gasteiger partial charge in [-0.1, -0.05) is 18.2 Å². The van der Waals surface area contributed by atoms with Gasteiger partial charge in [-0.3, -0.25) is 20.2 Å². The van der Waals surface area contributed by atoms with Crippen LogP contribution in [0, 0.1) is 29.8 Å². The Balaban J connectivity index is 1.84. The van der Waals surface area contributed by atoms with Crippen LogP contribution in [0.5, 0.6) is 0 Å². The van der Waals surface area contributed by atoms with E-state index >= 15 is 0 Å². The molecule has 1 N–H and O–H groups in total. The molecule has 2 aromatic carbocycles. The van der Waals surface area contributed by atoms with Gasteiger partial charge in [0.05, 0.1) is 10.6 Å². The summed E-state index contributed by atoms with van der Waals surface area (Å²) in [6.07, 6.45) is 0. The second-order valence-corrected chi connectivity index (χ2v) is 6.57. The molecule has 0 radical (unpaired) electrons. The molecule has 0 atom stereocenters. The first-order chi connectivity index (χ1) is 12.3. The van der Waals surface area contributed by atoms with Crippen LogP contribution in [0.15, 0.2) is 41.8 Å². The number of halogens is 1. The lowest BCUT2D eigenvalue weighted by atomic mass is 10.1. The standard InChI is InChI=1S/C18H14FN3O3S/c1-10-4-6-13(19)8-14(10)17(23)21-18-20-15(9-26-18)12-5-3-11(2)16(7-12)22(24)25/h3-9H,1-2H3,(H,20,21,23). The molecule has 0 saturated carbocycles. The fraction of sp³-hybridized carbons (Fsp3) is 0.111. The Kier molecular flexibility index (Phi) is 4.77. The highest BCUT2D eigenvalue weighted by Crippen LogP contribution is 2.29. The van der Waals surface area contributed by atoms with Gasteiger partial charge >= 0.3 is 0 Å². The lowest BCUT2D eigenvalue weighted by molar-refractivity contribution is -0.385. The van der Waals surface area contributed by atoms with E-state index < -0.39 is 16.6 Å². The van der Waals surface area contributed by atoms with Crippen LogP contribution >= 0.6 is 11.3 Å². The third kappa shape index (κ3) is 3.60. The number of nitro groups is 1. The maximum atomic E-state index is 13.4. The Morgan fingerprint density at radius 2 is 1.92 bits per heavy atom. The summed E-state index contributed by atoms with van der Waals surface area (Å²) < 4.78 is 13.4. The minimum absolute atomic E-state index is 0.0106. The Hall–Kier alpha value is -3.13. The minimum atomic E-state index is -0.493. The van der Waals surface area contributed by atoms with Crippen molar-refractivity contribution in [2.75, 3.05) is 5.32 Å². The number of thiazole rings is 1. The molecule has 1 heterocycles. The molecule has 132 valence electrons. The van der Waals surface area contributed by atoms with Gasteiger partial charge in [-0.15, -0.1) is 11.3 Å². The zero-order valence-corrected chi connectivity index (χ0v) is 14.8. The van der Waals surface area contributed by atoms with E-state index in [1.54, 1.807) is 31.4 Å². The van der Waals surface area contributed by atoms with E-state index in [0.717, 1.165) is 0 Å². The molecule has 0 aliphatic rings. The van der Waals surface area contributed by atoms with E-state index in [0.29, 0.717) is 27.5 Å². The Labute approximate surface area is 152 Å². The van der Waals surface area contributed by atoms with E-state index in [2.05, 4.69) is 10.3 Å². The highest BCUT2D eigenvalue weighted by Gasteiger charge is 2.15. The van der Waals surface area contributed by atoms with Crippen LogP contribution in [0.2, 0.25) is 0 Å². The Morgan fingerprint density at radius 1 is 1.19 bits per heavy atom. The van der Waals surface area contributed by atoms with Crippen LogP contribution in [0.3, 0.4) is 0 Å². The molecule has 3 rings (SSSR count). The van der Waals surface area contributed by atoms with Crippen LogP contribution in [-0.2, 0) is 0 Å². The SMILES string of the molecule is Cc1ccc(F)cc1C(=O)Nc1nc(-c2ccc(C)c([N+](=O)[O-])c2)cs1. The quantitative estimate of drug-likeness (QED) is 0.531. The highest BCUT2D eigenvalue weighted by molar-refractivity contribution is 7.14. The molecular weight excluding hydrogens is 357 g/mol. The normalized spacial score (nSPS) is 10.6. The average molecular weight is 371 g/mol. The lowest BCUT2D eigenvalue weighted by Crippen LogP contribution is -2.13. The number of nitrogens with one attached hydrogen (secondary N) is 1. The first-order valence-electron chi connectivity index (χ1n) is 7.63. The van der Waals surface area contributed by atoms with Gasteiger partial charge in [0.25, 0.3) is 11.6 Å². The topological polar surface area (TPSA) is 85.1 Å². The van der Waals surface area contributed by atoms with E-state index in [9.17, 15) is 19.3 Å².